The van der Waals surface area contributed by atoms with Gasteiger partial charge in [-0.15, -0.1) is 0 Å². The zero-order valence-electron chi connectivity index (χ0n) is 82.9. The van der Waals surface area contributed by atoms with Crippen LogP contribution >= 0.6 is 0 Å². The van der Waals surface area contributed by atoms with E-state index in [0.29, 0.717) is 6.42 Å². The average Bonchev–Trinajstić information content (AvgIpc) is 0.898. The van der Waals surface area contributed by atoms with Crippen molar-refractivity contribution in [1.29, 1.82) is 0 Å². The number of benzene rings is 1. The summed E-state index contributed by atoms with van der Waals surface area (Å²) < 4.78 is 0. The van der Waals surface area contributed by atoms with E-state index in [2.05, 4.69) is 101 Å². The molecule has 136 heavy (non-hydrogen) atoms. The highest BCUT2D eigenvalue weighted by molar-refractivity contribution is 6.05. The summed E-state index contributed by atoms with van der Waals surface area (Å²) in [5.41, 5.74) is -4.43. The number of carbonyl (C=O) groups is 23. The van der Waals surface area contributed by atoms with Gasteiger partial charge in [0.1, 0.15) is 104 Å². The van der Waals surface area contributed by atoms with Gasteiger partial charge in [0.05, 0.1) is 19.2 Å². The van der Waals surface area contributed by atoms with Gasteiger partial charge in [-0.25, -0.2) is 0 Å². The Morgan fingerprint density at radius 2 is 0.750 bits per heavy atom. The number of carbonyl (C=O) groups excluding carboxylic acids is 22. The van der Waals surface area contributed by atoms with Gasteiger partial charge < -0.3 is 128 Å². The molecule has 2 rings (SSSR count). The number of hydrogen-bond donors (Lipinski definition) is 23. The molecule has 1 heterocycles. The van der Waals surface area contributed by atoms with Gasteiger partial charge >= 0.3 is 5.97 Å². The van der Waals surface area contributed by atoms with E-state index in [9.17, 15) is 120 Å². The lowest BCUT2D eigenvalue weighted by Crippen LogP contribution is -2.66. The number of carboxylic acids is 1. The van der Waals surface area contributed by atoms with Gasteiger partial charge in [0.25, 0.3) is 0 Å². The molecule has 22 amide bonds. The van der Waals surface area contributed by atoms with Gasteiger partial charge in [0, 0.05) is 32.7 Å². The first-order valence-electron chi connectivity index (χ1n) is 44.7. The predicted molar refractivity (Wildman–Crippen MR) is 493 cm³/mol. The van der Waals surface area contributed by atoms with Crippen LogP contribution in [0.2, 0.25) is 0 Å². The molecule has 0 aromatic heterocycles. The van der Waals surface area contributed by atoms with Gasteiger partial charge in [-0.1, -0.05) is 58.0 Å². The molecule has 47 heteroatoms. The second-order valence-corrected chi connectivity index (χ2v) is 39.7. The van der Waals surface area contributed by atoms with Crippen LogP contribution in [0.25, 0.3) is 0 Å². The lowest BCUT2D eigenvalue weighted by molar-refractivity contribution is -0.146. The standard InChI is InChI=1S/C89H146N22O25/c1-45(2)41-56(100-76(132)85(17,18)106-68(124)55(35-38-59(91)115)97-63(119)47(5)93-74(130)83(13,14)104-65(121)49(7)95-75(131)84(15,16)105-64(120)48(6)94-73(129)82(11,12)102-50(8)113)69(125)107-81(9,10)72(128)92-43-60(116)103-87(21,22)78(134)110-89(25,26)80(136)111-40-30-33-57(111)70(126)101-62(46(3)4)71(127)108-88(23,24)79(135)109-86(19,20)77(133)99-54(36-39-61(117)118)67(123)98-53(34-37-58(90)114)66(122)96-52(44-112)42-51-31-28-27-29-32-51/h27-29,31-32,45-49,52-57,62,112H,30,33-44H2,1-26H3,(H2,90,114)(H2,91,115)(H,92,128)(H,93,130)(H,94,129)(H,95,131)(H,96,122)(H,97,119)(H,98,123)(H,99,133)(H,100,132)(H,101,126)(H,102,113)(H,103,116)(H,104,121)(H,105,120)(H,106,124)(H,107,125)(H,108,127)(H,109,135)(H,110,134)(H,117,118). The molecule has 10 unspecified atom stereocenters. The molecular weight excluding hydrogens is 1780 g/mol. The lowest BCUT2D eigenvalue weighted by atomic mass is 9.96. The molecule has 0 saturated carbocycles. The Labute approximate surface area is 792 Å². The van der Waals surface area contributed by atoms with Crippen molar-refractivity contribution in [1.82, 2.24) is 106 Å². The summed E-state index contributed by atoms with van der Waals surface area (Å²) in [5, 5.41) is 67.3. The number of hydrogen-bond acceptors (Lipinski definition) is 24. The minimum atomic E-state index is -1.92. The Bertz CT molecular complexity index is 4600. The smallest absolute Gasteiger partial charge is 0.303 e. The molecule has 1 fully saturated rings. The molecule has 0 spiro atoms. The van der Waals surface area contributed by atoms with Crippen LogP contribution in [0.1, 0.15) is 243 Å². The molecule has 0 bridgehead atoms. The third-order valence-electron chi connectivity index (χ3n) is 21.9. The predicted octanol–water partition coefficient (Wildman–Crippen LogP) is -5.08. The van der Waals surface area contributed by atoms with E-state index >= 15 is 0 Å². The number of aliphatic hydroxyl groups excluding tert-OH is 1. The monoisotopic (exact) mass is 1920 g/mol. The fourth-order valence-corrected chi connectivity index (χ4v) is 13.3. The molecule has 762 valence electrons. The Morgan fingerprint density at radius 3 is 1.19 bits per heavy atom. The number of nitrogens with two attached hydrogens (primary N) is 2. The van der Waals surface area contributed by atoms with Crippen molar-refractivity contribution in [3.8, 4) is 0 Å². The molecule has 47 nitrogen and oxygen atoms in total. The third kappa shape index (κ3) is 38.0. The summed E-state index contributed by atoms with van der Waals surface area (Å²) in [4.78, 5) is 311. The molecule has 1 aromatic carbocycles. The zero-order valence-corrected chi connectivity index (χ0v) is 82.9. The van der Waals surface area contributed by atoms with Crippen molar-refractivity contribution < 1.29 is 120 Å². The topological polar surface area (TPSA) is 717 Å². The van der Waals surface area contributed by atoms with Crippen LogP contribution in [0.5, 0.6) is 0 Å². The second-order valence-electron chi connectivity index (χ2n) is 39.7. The summed E-state index contributed by atoms with van der Waals surface area (Å²) >= 11 is 0. The number of amides is 22. The zero-order chi connectivity index (χ0) is 105. The molecular formula is C89H146N22O25. The maximum atomic E-state index is 14.5. The average molecular weight is 1920 g/mol. The first-order valence-corrected chi connectivity index (χ1v) is 44.7. The Kier molecular flexibility index (Phi) is 43.8. The van der Waals surface area contributed by atoms with E-state index in [1.54, 1.807) is 58.0 Å². The molecule has 10 atom stereocenters. The van der Waals surface area contributed by atoms with Crippen LogP contribution < -0.4 is 112 Å². The highest BCUT2D eigenvalue weighted by atomic mass is 16.4. The molecule has 1 aliphatic heterocycles. The van der Waals surface area contributed by atoms with Crippen LogP contribution in [-0.4, -0.2) is 281 Å². The summed E-state index contributed by atoms with van der Waals surface area (Å²) in [5.74, 6) is -21.6. The van der Waals surface area contributed by atoms with Crippen molar-refractivity contribution in [3.05, 3.63) is 35.9 Å². The van der Waals surface area contributed by atoms with E-state index in [1.165, 1.54) is 157 Å². The second kappa shape index (κ2) is 50.0. The highest BCUT2D eigenvalue weighted by Crippen LogP contribution is 2.25. The molecule has 25 N–H and O–H groups in total. The summed E-state index contributed by atoms with van der Waals surface area (Å²) in [6.07, 6.45) is -2.27. The van der Waals surface area contributed by atoms with Gasteiger partial charge in [-0.05, 0) is 208 Å². The number of primary amides is 2. The van der Waals surface area contributed by atoms with Crippen LogP contribution in [0.3, 0.4) is 0 Å². The fraction of sp³-hybridized carbons (Fsp3) is 0.674. The minimum absolute atomic E-state index is 0.0167. The first kappa shape index (κ1) is 119. The number of aliphatic carboxylic acids is 1. The lowest BCUT2D eigenvalue weighted by Gasteiger charge is -2.36. The molecule has 0 radical (unpaired) electrons. The maximum Gasteiger partial charge on any atom is 0.303 e. The number of carboxylic acid groups (broad SMARTS) is 1. The Hall–Kier alpha value is -13.0. The Balaban J connectivity index is 2.14. The number of nitrogens with one attached hydrogen (secondary N) is 19. The Morgan fingerprint density at radius 1 is 0.390 bits per heavy atom. The van der Waals surface area contributed by atoms with E-state index in [0.717, 1.165) is 5.56 Å². The van der Waals surface area contributed by atoms with Crippen molar-refractivity contribution in [2.24, 2.45) is 23.3 Å². The van der Waals surface area contributed by atoms with E-state index < -0.39 is 297 Å². The normalized spacial score (nSPS) is 15.2. The SMILES string of the molecule is CC(=O)NC(C)(C)C(=O)NC(C)C(=O)NC(C)(C)C(=O)NC(C)C(=O)NC(C)(C)C(=O)NC(C)C(=O)NC(CCC(N)=O)C(=O)NC(C)(C)C(=O)NC(CC(C)C)C(=O)NC(C)(C)C(=O)NCC(=O)NC(C)(C)C(=O)NC(C)(C)C(=O)N1CCCC1C(=O)NC(C(=O)NC(C)(C)C(=O)NC(C)(C)C(=O)NC(CCC(=O)O)C(=O)NC(CCC(N)=O)C(=O)NC(CO)Cc1ccccc1)C(C)C. The molecule has 1 aliphatic rings. The fourth-order valence-electron chi connectivity index (χ4n) is 13.3. The van der Waals surface area contributed by atoms with Crippen molar-refractivity contribution in [3.63, 3.8) is 0 Å². The number of rotatable bonds is 53. The van der Waals surface area contributed by atoms with E-state index in [-0.39, 0.29) is 38.1 Å². The molecule has 1 saturated heterocycles. The van der Waals surface area contributed by atoms with E-state index in [1.807, 2.05) is 0 Å². The van der Waals surface area contributed by atoms with Gasteiger partial charge in [0.15, 0.2) is 0 Å². The summed E-state index contributed by atoms with van der Waals surface area (Å²) in [7, 11) is 0. The van der Waals surface area contributed by atoms with Gasteiger partial charge in [-0.2, -0.15) is 0 Å². The highest BCUT2D eigenvalue weighted by Gasteiger charge is 2.48. The van der Waals surface area contributed by atoms with Gasteiger partial charge in [0.2, 0.25) is 130 Å². The summed E-state index contributed by atoms with van der Waals surface area (Å²) in [6.45, 7) is 33.9. The van der Waals surface area contributed by atoms with Crippen LogP contribution in [0.15, 0.2) is 30.3 Å². The largest absolute Gasteiger partial charge is 0.481 e. The van der Waals surface area contributed by atoms with Crippen molar-refractivity contribution in [2.45, 2.75) is 354 Å². The number of aliphatic hydroxyl groups is 1. The minimum Gasteiger partial charge on any atom is -0.481 e. The first-order chi connectivity index (χ1) is 62.1. The number of nitrogens with zero attached hydrogens (tertiary/aromatic N) is 1. The van der Waals surface area contributed by atoms with E-state index in [4.69, 9.17) is 11.5 Å². The molecule has 0 aliphatic carbocycles. The van der Waals surface area contributed by atoms with Crippen LogP contribution in [0.4, 0.5) is 0 Å². The summed E-state index contributed by atoms with van der Waals surface area (Å²) in [6, 6.07) is -4.71. The quantitative estimate of drug-likeness (QED) is 0.0290. The maximum absolute atomic E-state index is 14.5. The van der Waals surface area contributed by atoms with Gasteiger partial charge in [-0.3, -0.25) is 110 Å². The van der Waals surface area contributed by atoms with Crippen LogP contribution in [-0.2, 0) is 117 Å². The molecule has 1 aromatic rings. The third-order valence-corrected chi connectivity index (χ3v) is 21.9. The number of likely N-dealkylation sites (tertiary alicyclic amines) is 1. The van der Waals surface area contributed by atoms with Crippen molar-refractivity contribution in [2.75, 3.05) is 19.7 Å². The van der Waals surface area contributed by atoms with Crippen molar-refractivity contribution >= 4 is 136 Å². The van der Waals surface area contributed by atoms with Crippen LogP contribution in [0, 0.1) is 11.8 Å².